The largest absolute Gasteiger partial charge is 0.468 e. The Morgan fingerprint density at radius 1 is 1.44 bits per heavy atom. The number of likely N-dealkylation sites (tertiary alicyclic amines) is 1. The maximum absolute atomic E-state index is 5.65. The van der Waals surface area contributed by atoms with E-state index >= 15 is 0 Å². The van der Waals surface area contributed by atoms with Crippen molar-refractivity contribution in [3.05, 3.63) is 23.7 Å². The summed E-state index contributed by atoms with van der Waals surface area (Å²) in [5.74, 6) is 1.93. The molecule has 3 heteroatoms. The maximum atomic E-state index is 5.65. The van der Waals surface area contributed by atoms with Crippen LogP contribution in [-0.4, -0.2) is 23.5 Å². The van der Waals surface area contributed by atoms with Crippen molar-refractivity contribution in [2.24, 2.45) is 5.92 Å². The highest BCUT2D eigenvalue weighted by Gasteiger charge is 2.19. The summed E-state index contributed by atoms with van der Waals surface area (Å²) in [6.45, 7) is 13.1. The smallest absolute Gasteiger partial charge is 0.118 e. The summed E-state index contributed by atoms with van der Waals surface area (Å²) in [7, 11) is 0. The average Bonchev–Trinajstić information content (AvgIpc) is 2.85. The van der Waals surface area contributed by atoms with E-state index < -0.39 is 0 Å². The average molecular weight is 250 g/mol. The second kappa shape index (κ2) is 5.45. The minimum Gasteiger partial charge on any atom is -0.468 e. The van der Waals surface area contributed by atoms with E-state index in [9.17, 15) is 0 Å². The topological polar surface area (TPSA) is 28.4 Å². The molecule has 0 aromatic carbocycles. The summed E-state index contributed by atoms with van der Waals surface area (Å²) in [4.78, 5) is 2.48. The molecule has 1 atom stereocenters. The second-order valence-electron chi connectivity index (χ2n) is 6.65. The van der Waals surface area contributed by atoms with Gasteiger partial charge in [-0.15, -0.1) is 0 Å². The van der Waals surface area contributed by atoms with Crippen molar-refractivity contribution in [2.75, 3.05) is 13.1 Å². The molecule has 102 valence electrons. The summed E-state index contributed by atoms with van der Waals surface area (Å²) in [5, 5.41) is 3.48. The van der Waals surface area contributed by atoms with Crippen molar-refractivity contribution < 1.29 is 4.42 Å². The normalized spacial score (nSPS) is 21.7. The zero-order valence-electron chi connectivity index (χ0n) is 12.1. The Hall–Kier alpha value is -0.800. The zero-order valence-corrected chi connectivity index (χ0v) is 12.1. The first-order valence-electron chi connectivity index (χ1n) is 6.96. The lowest BCUT2D eigenvalue weighted by molar-refractivity contribution is 0.289. The molecule has 0 radical (unpaired) electrons. The Morgan fingerprint density at radius 2 is 2.22 bits per heavy atom. The number of hydrogen-bond acceptors (Lipinski definition) is 3. The molecule has 3 nitrogen and oxygen atoms in total. The lowest BCUT2D eigenvalue weighted by Crippen LogP contribution is -2.34. The standard InChI is InChI=1S/C15H26N2O/c1-12-5-6-17(9-12)10-14-7-13(11-18-14)8-16-15(2,3)4/h7,11-12,16H,5-6,8-10H2,1-4H3. The number of rotatable bonds is 4. The first kappa shape index (κ1) is 13.6. The predicted octanol–water partition coefficient (Wildman–Crippen LogP) is 3.01. The van der Waals surface area contributed by atoms with Gasteiger partial charge in [-0.25, -0.2) is 0 Å². The van der Waals surface area contributed by atoms with Crippen LogP contribution in [0.25, 0.3) is 0 Å². The fourth-order valence-corrected chi connectivity index (χ4v) is 2.36. The number of nitrogens with zero attached hydrogens (tertiary/aromatic N) is 1. The Balaban J connectivity index is 1.82. The Bertz CT molecular complexity index is 378. The van der Waals surface area contributed by atoms with Crippen molar-refractivity contribution in [3.8, 4) is 0 Å². The molecule has 0 amide bonds. The van der Waals surface area contributed by atoms with Crippen LogP contribution >= 0.6 is 0 Å². The van der Waals surface area contributed by atoms with E-state index in [1.54, 1.807) is 0 Å². The highest BCUT2D eigenvalue weighted by molar-refractivity contribution is 5.13. The molecule has 0 aliphatic carbocycles. The van der Waals surface area contributed by atoms with Crippen LogP contribution in [0, 0.1) is 5.92 Å². The minimum atomic E-state index is 0.155. The van der Waals surface area contributed by atoms with Crippen molar-refractivity contribution in [1.82, 2.24) is 10.2 Å². The van der Waals surface area contributed by atoms with Crippen molar-refractivity contribution >= 4 is 0 Å². The van der Waals surface area contributed by atoms with Gasteiger partial charge in [-0.2, -0.15) is 0 Å². The van der Waals surface area contributed by atoms with Crippen LogP contribution in [0.3, 0.4) is 0 Å². The van der Waals surface area contributed by atoms with Gasteiger partial charge < -0.3 is 9.73 Å². The van der Waals surface area contributed by atoms with Crippen LogP contribution in [0.5, 0.6) is 0 Å². The van der Waals surface area contributed by atoms with E-state index in [1.165, 1.54) is 25.1 Å². The summed E-state index contributed by atoms with van der Waals surface area (Å²) in [6, 6.07) is 2.18. The fraction of sp³-hybridized carbons (Fsp3) is 0.733. The SMILES string of the molecule is CC1CCN(Cc2cc(CNC(C)(C)C)co2)C1. The van der Waals surface area contributed by atoms with Crippen molar-refractivity contribution in [1.29, 1.82) is 0 Å². The van der Waals surface area contributed by atoms with E-state index in [0.29, 0.717) is 0 Å². The van der Waals surface area contributed by atoms with Crippen LogP contribution in [0.15, 0.2) is 16.7 Å². The highest BCUT2D eigenvalue weighted by Crippen LogP contribution is 2.19. The molecule has 1 N–H and O–H groups in total. The second-order valence-corrected chi connectivity index (χ2v) is 6.65. The van der Waals surface area contributed by atoms with Gasteiger partial charge in [0, 0.05) is 24.2 Å². The fourth-order valence-electron chi connectivity index (χ4n) is 2.36. The van der Waals surface area contributed by atoms with Crippen LogP contribution in [0.1, 0.15) is 45.4 Å². The van der Waals surface area contributed by atoms with E-state index in [4.69, 9.17) is 4.42 Å². The number of hydrogen-bond donors (Lipinski definition) is 1. The van der Waals surface area contributed by atoms with Gasteiger partial charge in [0.1, 0.15) is 5.76 Å². The molecule has 0 bridgehead atoms. The third kappa shape index (κ3) is 4.14. The molecule has 18 heavy (non-hydrogen) atoms. The molecule has 2 rings (SSSR count). The molecule has 0 saturated carbocycles. The molecular weight excluding hydrogens is 224 g/mol. The van der Waals surface area contributed by atoms with Gasteiger partial charge in [0.15, 0.2) is 0 Å². The zero-order chi connectivity index (χ0) is 13.2. The Morgan fingerprint density at radius 3 is 2.83 bits per heavy atom. The molecule has 1 aliphatic heterocycles. The third-order valence-electron chi connectivity index (χ3n) is 3.42. The lowest BCUT2D eigenvalue weighted by atomic mass is 10.1. The molecule has 1 aliphatic rings. The molecule has 1 unspecified atom stereocenters. The summed E-state index contributed by atoms with van der Waals surface area (Å²) < 4.78 is 5.65. The quantitative estimate of drug-likeness (QED) is 0.890. The predicted molar refractivity (Wildman–Crippen MR) is 74.4 cm³/mol. The van der Waals surface area contributed by atoms with Crippen LogP contribution in [0.4, 0.5) is 0 Å². The minimum absolute atomic E-state index is 0.155. The number of furan rings is 1. The van der Waals surface area contributed by atoms with Crippen LogP contribution in [-0.2, 0) is 13.1 Å². The maximum Gasteiger partial charge on any atom is 0.118 e. The molecular formula is C15H26N2O. The van der Waals surface area contributed by atoms with Gasteiger partial charge in [-0.3, -0.25) is 4.90 Å². The lowest BCUT2D eigenvalue weighted by Gasteiger charge is -2.19. The molecule has 1 aromatic heterocycles. The van der Waals surface area contributed by atoms with Gasteiger partial charge >= 0.3 is 0 Å². The van der Waals surface area contributed by atoms with Crippen molar-refractivity contribution in [3.63, 3.8) is 0 Å². The van der Waals surface area contributed by atoms with Gasteiger partial charge in [-0.1, -0.05) is 6.92 Å². The molecule has 1 saturated heterocycles. The first-order valence-corrected chi connectivity index (χ1v) is 6.96. The molecule has 1 aromatic rings. The van der Waals surface area contributed by atoms with Crippen LogP contribution < -0.4 is 5.32 Å². The molecule has 0 spiro atoms. The van der Waals surface area contributed by atoms with E-state index in [1.807, 2.05) is 6.26 Å². The van der Waals surface area contributed by atoms with Crippen molar-refractivity contribution in [2.45, 2.75) is 52.7 Å². The van der Waals surface area contributed by atoms with Gasteiger partial charge in [0.25, 0.3) is 0 Å². The molecule has 2 heterocycles. The van der Waals surface area contributed by atoms with Gasteiger partial charge in [-0.05, 0) is 45.7 Å². The monoisotopic (exact) mass is 250 g/mol. The third-order valence-corrected chi connectivity index (χ3v) is 3.42. The van der Waals surface area contributed by atoms with Crippen LogP contribution in [0.2, 0.25) is 0 Å². The summed E-state index contributed by atoms with van der Waals surface area (Å²) in [5.41, 5.74) is 1.40. The van der Waals surface area contributed by atoms with E-state index in [-0.39, 0.29) is 5.54 Å². The summed E-state index contributed by atoms with van der Waals surface area (Å²) >= 11 is 0. The Kier molecular flexibility index (Phi) is 4.13. The van der Waals surface area contributed by atoms with E-state index in [0.717, 1.165) is 24.8 Å². The highest BCUT2D eigenvalue weighted by atomic mass is 16.3. The first-order chi connectivity index (χ1) is 8.42. The Labute approximate surface area is 111 Å². The number of nitrogens with one attached hydrogen (secondary N) is 1. The summed E-state index contributed by atoms with van der Waals surface area (Å²) in [6.07, 6.45) is 3.20. The van der Waals surface area contributed by atoms with Gasteiger partial charge in [0.05, 0.1) is 12.8 Å². The van der Waals surface area contributed by atoms with E-state index in [2.05, 4.69) is 44.0 Å². The van der Waals surface area contributed by atoms with Gasteiger partial charge in [0.2, 0.25) is 0 Å². The molecule has 1 fully saturated rings.